The zero-order valence-electron chi connectivity index (χ0n) is 12.3. The van der Waals surface area contributed by atoms with Crippen molar-refractivity contribution in [2.75, 3.05) is 0 Å². The zero-order valence-corrected chi connectivity index (χ0v) is 12.3. The molecule has 0 saturated heterocycles. The molecule has 120 valence electrons. The number of fused-ring (bicyclic) bond motifs is 1. The molecule has 0 bridgehead atoms. The number of aromatic nitrogens is 4. The Labute approximate surface area is 135 Å². The van der Waals surface area contributed by atoms with Crippen LogP contribution in [0.1, 0.15) is 16.2 Å². The largest absolute Gasteiger partial charge is 0.502 e. The fraction of sp³-hybridized carbons (Fsp3) is 0.0625. The summed E-state index contributed by atoms with van der Waals surface area (Å²) in [5.74, 6) is -3.40. The molecule has 0 saturated carbocycles. The molecule has 3 rings (SSSR count). The molecular formula is C16H12N4O4. The molecule has 24 heavy (non-hydrogen) atoms. The number of nitrogens with zero attached hydrogens (tertiary/aromatic N) is 4. The second-order valence-electron chi connectivity index (χ2n) is 4.94. The maximum Gasteiger partial charge on any atom is 0.371 e. The van der Waals surface area contributed by atoms with Crippen molar-refractivity contribution in [2.45, 2.75) is 6.54 Å². The quantitative estimate of drug-likeness (QED) is 0.415. The first kappa shape index (κ1) is 15.3. The number of hydrogen-bond donors (Lipinski definition) is 2. The van der Waals surface area contributed by atoms with Crippen LogP contribution in [0.5, 0.6) is 0 Å². The molecule has 8 nitrogen and oxygen atoms in total. The van der Waals surface area contributed by atoms with E-state index in [9.17, 15) is 14.7 Å². The number of carboxylic acids is 1. The summed E-state index contributed by atoms with van der Waals surface area (Å²) in [5.41, 5.74) is 1.76. The van der Waals surface area contributed by atoms with Gasteiger partial charge in [0, 0.05) is 6.08 Å². The van der Waals surface area contributed by atoms with E-state index in [0.29, 0.717) is 23.8 Å². The van der Waals surface area contributed by atoms with Crippen molar-refractivity contribution in [3.05, 3.63) is 66.1 Å². The zero-order chi connectivity index (χ0) is 17.1. The van der Waals surface area contributed by atoms with Crippen molar-refractivity contribution >= 4 is 22.9 Å². The maximum absolute atomic E-state index is 12.3. The van der Waals surface area contributed by atoms with Crippen LogP contribution in [-0.4, -0.2) is 41.5 Å². The minimum atomic E-state index is -1.59. The van der Waals surface area contributed by atoms with E-state index in [1.54, 1.807) is 4.57 Å². The van der Waals surface area contributed by atoms with Gasteiger partial charge in [0.25, 0.3) is 0 Å². The first-order valence-electron chi connectivity index (χ1n) is 6.94. The van der Waals surface area contributed by atoms with Crippen LogP contribution in [-0.2, 0) is 11.3 Å². The van der Waals surface area contributed by atoms with Crippen LogP contribution in [0.2, 0.25) is 0 Å². The highest BCUT2D eigenvalue weighted by Gasteiger charge is 2.19. The highest BCUT2D eigenvalue weighted by molar-refractivity contribution is 6.07. The molecule has 3 aromatic rings. The van der Waals surface area contributed by atoms with Crippen LogP contribution >= 0.6 is 0 Å². The summed E-state index contributed by atoms with van der Waals surface area (Å²) in [6.07, 6.45) is 3.42. The lowest BCUT2D eigenvalue weighted by atomic mass is 10.2. The van der Waals surface area contributed by atoms with E-state index in [1.807, 2.05) is 30.3 Å². The maximum atomic E-state index is 12.3. The highest BCUT2D eigenvalue weighted by Crippen LogP contribution is 2.16. The molecule has 0 radical (unpaired) electrons. The van der Waals surface area contributed by atoms with Crippen LogP contribution in [0.25, 0.3) is 11.2 Å². The van der Waals surface area contributed by atoms with Crippen molar-refractivity contribution in [1.29, 1.82) is 0 Å². The Balaban J connectivity index is 2.10. The number of allylic oxidation sites excluding steroid dienone is 1. The Morgan fingerprint density at radius 2 is 1.92 bits per heavy atom. The normalized spacial score (nSPS) is 11.6. The van der Waals surface area contributed by atoms with E-state index in [0.717, 1.165) is 5.56 Å². The second-order valence-corrected chi connectivity index (χ2v) is 4.94. The van der Waals surface area contributed by atoms with Gasteiger partial charge >= 0.3 is 5.97 Å². The van der Waals surface area contributed by atoms with E-state index in [-0.39, 0.29) is 5.82 Å². The number of benzene rings is 1. The number of aliphatic hydroxyl groups excluding tert-OH is 1. The average Bonchev–Trinajstić information content (AvgIpc) is 2.94. The molecular weight excluding hydrogens is 312 g/mol. The number of aliphatic hydroxyl groups is 1. The molecule has 0 aliphatic heterocycles. The molecule has 0 fully saturated rings. The van der Waals surface area contributed by atoms with Crippen molar-refractivity contribution in [3.63, 3.8) is 0 Å². The van der Waals surface area contributed by atoms with E-state index in [4.69, 9.17) is 5.11 Å². The van der Waals surface area contributed by atoms with E-state index < -0.39 is 17.5 Å². The number of ketones is 1. The summed E-state index contributed by atoms with van der Waals surface area (Å²) in [5, 5.41) is 18.0. The van der Waals surface area contributed by atoms with Gasteiger partial charge in [-0.05, 0) is 5.56 Å². The molecule has 8 heteroatoms. The van der Waals surface area contributed by atoms with Gasteiger partial charge in [-0.1, -0.05) is 30.3 Å². The number of aliphatic carboxylic acids is 1. The molecule has 0 spiro atoms. The van der Waals surface area contributed by atoms with Crippen molar-refractivity contribution in [1.82, 2.24) is 19.5 Å². The molecule has 0 amide bonds. The standard InChI is InChI=1S/C16H12N4O4/c21-12(6-13(22)16(23)24)15-19-11-7-17-9-18-14(11)20(15)8-10-4-2-1-3-5-10/h1-7,9,22H,8H2,(H,23,24)/b13-6-. The molecule has 1 aromatic carbocycles. The van der Waals surface area contributed by atoms with Gasteiger partial charge in [0.1, 0.15) is 11.8 Å². The van der Waals surface area contributed by atoms with E-state index in [2.05, 4.69) is 15.0 Å². The predicted octanol–water partition coefficient (Wildman–Crippen LogP) is 1.58. The summed E-state index contributed by atoms with van der Waals surface area (Å²) in [7, 11) is 0. The van der Waals surface area contributed by atoms with Gasteiger partial charge in [-0.2, -0.15) is 0 Å². The molecule has 2 heterocycles. The van der Waals surface area contributed by atoms with Crippen LogP contribution in [0, 0.1) is 0 Å². The van der Waals surface area contributed by atoms with Gasteiger partial charge in [-0.3, -0.25) is 4.79 Å². The fourth-order valence-corrected chi connectivity index (χ4v) is 2.23. The van der Waals surface area contributed by atoms with Crippen molar-refractivity contribution < 1.29 is 19.8 Å². The summed E-state index contributed by atoms with van der Waals surface area (Å²) in [6, 6.07) is 9.36. The van der Waals surface area contributed by atoms with Crippen LogP contribution in [0.4, 0.5) is 0 Å². The SMILES string of the molecule is O=C(O)/C(O)=C/C(=O)c1nc2cncnc2n1Cc1ccccc1. The third-order valence-corrected chi connectivity index (χ3v) is 3.30. The predicted molar refractivity (Wildman–Crippen MR) is 83.5 cm³/mol. The van der Waals surface area contributed by atoms with E-state index in [1.165, 1.54) is 12.5 Å². The fourth-order valence-electron chi connectivity index (χ4n) is 2.23. The summed E-state index contributed by atoms with van der Waals surface area (Å²) in [4.78, 5) is 35.2. The van der Waals surface area contributed by atoms with Gasteiger partial charge in [0.15, 0.2) is 11.5 Å². The summed E-state index contributed by atoms with van der Waals surface area (Å²) >= 11 is 0. The number of imidazole rings is 1. The minimum Gasteiger partial charge on any atom is -0.502 e. The molecule has 2 N–H and O–H groups in total. The van der Waals surface area contributed by atoms with Gasteiger partial charge in [-0.15, -0.1) is 0 Å². The monoisotopic (exact) mass is 324 g/mol. The molecule has 2 aromatic heterocycles. The minimum absolute atomic E-state index is 0.0258. The number of rotatable bonds is 5. The number of hydrogen-bond acceptors (Lipinski definition) is 6. The number of carbonyl (C=O) groups is 2. The van der Waals surface area contributed by atoms with Gasteiger partial charge in [0.05, 0.1) is 12.7 Å². The first-order valence-corrected chi connectivity index (χ1v) is 6.94. The van der Waals surface area contributed by atoms with Gasteiger partial charge in [-0.25, -0.2) is 19.7 Å². The molecule has 0 aliphatic rings. The average molecular weight is 324 g/mol. The van der Waals surface area contributed by atoms with Crippen LogP contribution in [0.15, 0.2) is 54.7 Å². The van der Waals surface area contributed by atoms with Gasteiger partial charge < -0.3 is 14.8 Å². The van der Waals surface area contributed by atoms with Gasteiger partial charge in [0.2, 0.25) is 11.5 Å². The third kappa shape index (κ3) is 2.98. The van der Waals surface area contributed by atoms with Crippen molar-refractivity contribution in [3.8, 4) is 0 Å². The van der Waals surface area contributed by atoms with E-state index >= 15 is 0 Å². The Morgan fingerprint density at radius 1 is 1.17 bits per heavy atom. The Morgan fingerprint density at radius 3 is 2.62 bits per heavy atom. The van der Waals surface area contributed by atoms with Crippen molar-refractivity contribution in [2.24, 2.45) is 0 Å². The van der Waals surface area contributed by atoms with Crippen LogP contribution < -0.4 is 0 Å². The summed E-state index contributed by atoms with van der Waals surface area (Å²) < 4.78 is 1.56. The Kier molecular flexibility index (Phi) is 4.02. The lowest BCUT2D eigenvalue weighted by Gasteiger charge is -2.07. The topological polar surface area (TPSA) is 118 Å². The first-order chi connectivity index (χ1) is 11.6. The lowest BCUT2D eigenvalue weighted by molar-refractivity contribution is -0.135. The lowest BCUT2D eigenvalue weighted by Crippen LogP contribution is -2.12. The van der Waals surface area contributed by atoms with Crippen LogP contribution in [0.3, 0.4) is 0 Å². The molecule has 0 aliphatic carbocycles. The molecule has 0 unspecified atom stereocenters. The Hall–Kier alpha value is -3.55. The second kappa shape index (κ2) is 6.29. The Bertz CT molecular complexity index is 947. The molecule has 0 atom stereocenters. The third-order valence-electron chi connectivity index (χ3n) is 3.30. The summed E-state index contributed by atoms with van der Waals surface area (Å²) in [6.45, 7) is 0.317. The highest BCUT2D eigenvalue weighted by atomic mass is 16.4. The number of carboxylic acid groups (broad SMARTS) is 1. The number of carbonyl (C=O) groups excluding carboxylic acids is 1. The smallest absolute Gasteiger partial charge is 0.371 e.